The lowest BCUT2D eigenvalue weighted by Gasteiger charge is -2.07. The van der Waals surface area contributed by atoms with E-state index < -0.39 is 0 Å². The number of hydrogen-bond donors (Lipinski definition) is 0. The van der Waals surface area contributed by atoms with Crippen molar-refractivity contribution in [1.29, 1.82) is 0 Å². The molecule has 0 aliphatic rings. The van der Waals surface area contributed by atoms with Crippen molar-refractivity contribution in [3.8, 4) is 5.69 Å². The van der Waals surface area contributed by atoms with Crippen LogP contribution in [0.25, 0.3) is 22.6 Å². The molecule has 3 aromatic heterocycles. The molecule has 0 atom stereocenters. The molecule has 0 aliphatic heterocycles. The summed E-state index contributed by atoms with van der Waals surface area (Å²) in [5.74, 6) is 0.197. The maximum absolute atomic E-state index is 13.3. The van der Waals surface area contributed by atoms with Crippen LogP contribution in [-0.4, -0.2) is 23.1 Å². The third kappa shape index (κ3) is 2.29. The van der Waals surface area contributed by atoms with E-state index in [1.807, 2.05) is 25.3 Å². The van der Waals surface area contributed by atoms with Gasteiger partial charge < -0.3 is 0 Å². The van der Waals surface area contributed by atoms with Gasteiger partial charge in [0.15, 0.2) is 11.2 Å². The molecule has 0 N–H and O–H groups in total. The minimum atomic E-state index is -0.377. The van der Waals surface area contributed by atoms with Gasteiger partial charge in [-0.15, -0.1) is 0 Å². The van der Waals surface area contributed by atoms with Gasteiger partial charge in [-0.05, 0) is 44.5 Å². The lowest BCUT2D eigenvalue weighted by molar-refractivity contribution is 0.592. The fraction of sp³-hybridized carbons (Fsp3) is 0.316. The lowest BCUT2D eigenvalue weighted by atomic mass is 10.3. The molecule has 0 spiro atoms. The van der Waals surface area contributed by atoms with Crippen LogP contribution in [0.15, 0.2) is 33.9 Å². The largest absolute Gasteiger partial charge is 0.332 e. The van der Waals surface area contributed by atoms with Crippen molar-refractivity contribution in [3.05, 3.63) is 62.3 Å². The third-order valence-electron chi connectivity index (χ3n) is 5.05. The summed E-state index contributed by atoms with van der Waals surface area (Å²) >= 11 is 0. The molecule has 0 aliphatic carbocycles. The zero-order valence-electron chi connectivity index (χ0n) is 15.7. The van der Waals surface area contributed by atoms with Gasteiger partial charge in [0, 0.05) is 30.7 Å². The second-order valence-corrected chi connectivity index (χ2v) is 6.70. The van der Waals surface area contributed by atoms with Crippen molar-refractivity contribution in [2.45, 2.75) is 33.7 Å². The van der Waals surface area contributed by atoms with Crippen molar-refractivity contribution in [2.75, 3.05) is 0 Å². The first-order chi connectivity index (χ1) is 12.9. The van der Waals surface area contributed by atoms with Crippen LogP contribution < -0.4 is 11.2 Å². The number of nitrogens with zero attached hydrogens (tertiary/aromatic N) is 5. The van der Waals surface area contributed by atoms with E-state index in [0.29, 0.717) is 29.9 Å². The molecule has 0 bridgehead atoms. The smallest absolute Gasteiger partial charge is 0.283 e. The topological polar surface area (TPSA) is 66.2 Å². The first-order valence-electron chi connectivity index (χ1n) is 8.82. The molecule has 0 radical (unpaired) electrons. The Morgan fingerprint density at radius 3 is 2.37 bits per heavy atom. The van der Waals surface area contributed by atoms with E-state index >= 15 is 0 Å². The van der Waals surface area contributed by atoms with Gasteiger partial charge >= 0.3 is 5.69 Å². The average Bonchev–Trinajstić information content (AvgIpc) is 3.14. The first-order valence-corrected chi connectivity index (χ1v) is 8.82. The van der Waals surface area contributed by atoms with Crippen LogP contribution in [0, 0.1) is 19.7 Å². The summed E-state index contributed by atoms with van der Waals surface area (Å²) in [6.07, 6.45) is 0.678. The van der Waals surface area contributed by atoms with E-state index in [-0.39, 0.29) is 17.1 Å². The predicted molar refractivity (Wildman–Crippen MR) is 101 cm³/mol. The number of aromatic nitrogens is 5. The second kappa shape index (κ2) is 5.94. The Kier molecular flexibility index (Phi) is 3.80. The molecule has 0 saturated heterocycles. The molecule has 0 saturated carbocycles. The maximum atomic E-state index is 13.3. The molecule has 140 valence electrons. The summed E-state index contributed by atoms with van der Waals surface area (Å²) in [4.78, 5) is 30.2. The molecule has 1 aromatic carbocycles. The molecule has 4 aromatic rings. The molecule has 0 unspecified atom stereocenters. The average molecular weight is 369 g/mol. The molecule has 4 rings (SSSR count). The van der Waals surface area contributed by atoms with E-state index in [0.717, 1.165) is 17.1 Å². The van der Waals surface area contributed by atoms with Gasteiger partial charge in [-0.1, -0.05) is 6.92 Å². The Bertz CT molecular complexity index is 1310. The highest BCUT2D eigenvalue weighted by molar-refractivity contribution is 5.77. The van der Waals surface area contributed by atoms with Gasteiger partial charge in [0.1, 0.15) is 5.82 Å². The molecule has 8 heteroatoms. The zero-order chi connectivity index (χ0) is 19.5. The molecule has 3 heterocycles. The highest BCUT2D eigenvalue weighted by Crippen LogP contribution is 2.24. The van der Waals surface area contributed by atoms with E-state index in [9.17, 15) is 14.0 Å². The standard InChI is InChI=1S/C19H20FN5O2/c1-5-10-23-17(26)15-16(22(4)19(23)27)21-18-24(11(2)12(3)25(15)18)14-8-6-13(20)7-9-14/h6-9H,5,10H2,1-4H3. The number of benzene rings is 1. The van der Waals surface area contributed by atoms with Crippen LogP contribution in [0.5, 0.6) is 0 Å². The van der Waals surface area contributed by atoms with E-state index in [4.69, 9.17) is 0 Å². The first kappa shape index (κ1) is 17.3. The monoisotopic (exact) mass is 369 g/mol. The third-order valence-corrected chi connectivity index (χ3v) is 5.05. The van der Waals surface area contributed by atoms with Crippen LogP contribution >= 0.6 is 0 Å². The predicted octanol–water partition coefficient (Wildman–Crippen LogP) is 2.30. The van der Waals surface area contributed by atoms with Crippen LogP contribution in [0.3, 0.4) is 0 Å². The van der Waals surface area contributed by atoms with Crippen molar-refractivity contribution in [2.24, 2.45) is 7.05 Å². The Labute approximate surface area is 153 Å². The fourth-order valence-corrected chi connectivity index (χ4v) is 3.57. The lowest BCUT2D eigenvalue weighted by Crippen LogP contribution is -2.39. The minimum absolute atomic E-state index is 0.324. The highest BCUT2D eigenvalue weighted by atomic mass is 19.1. The van der Waals surface area contributed by atoms with Gasteiger partial charge in [-0.3, -0.25) is 22.9 Å². The number of hydrogen-bond acceptors (Lipinski definition) is 3. The van der Waals surface area contributed by atoms with Crippen molar-refractivity contribution >= 4 is 16.9 Å². The number of halogens is 1. The summed E-state index contributed by atoms with van der Waals surface area (Å²) in [6.45, 7) is 6.10. The molecular formula is C19H20FN5O2. The summed E-state index contributed by atoms with van der Waals surface area (Å²) in [6, 6.07) is 6.09. The van der Waals surface area contributed by atoms with E-state index in [1.54, 1.807) is 23.6 Å². The summed E-state index contributed by atoms with van der Waals surface area (Å²) in [7, 11) is 1.62. The van der Waals surface area contributed by atoms with Crippen molar-refractivity contribution < 1.29 is 4.39 Å². The highest BCUT2D eigenvalue weighted by Gasteiger charge is 2.22. The van der Waals surface area contributed by atoms with Crippen LogP contribution in [-0.2, 0) is 13.6 Å². The van der Waals surface area contributed by atoms with Gasteiger partial charge in [-0.25, -0.2) is 9.18 Å². The quantitative estimate of drug-likeness (QED) is 0.557. The Balaban J connectivity index is 2.19. The minimum Gasteiger partial charge on any atom is -0.283 e. The number of aryl methyl sites for hydroxylation is 2. The molecule has 27 heavy (non-hydrogen) atoms. The zero-order valence-corrected chi connectivity index (χ0v) is 15.7. The van der Waals surface area contributed by atoms with Crippen molar-refractivity contribution in [3.63, 3.8) is 0 Å². The fourth-order valence-electron chi connectivity index (χ4n) is 3.57. The van der Waals surface area contributed by atoms with Crippen LogP contribution in [0.4, 0.5) is 4.39 Å². The summed E-state index contributed by atoms with van der Waals surface area (Å²) in [5.41, 5.74) is 2.46. The number of rotatable bonds is 3. The molecule has 0 fully saturated rings. The second-order valence-electron chi connectivity index (χ2n) is 6.70. The Morgan fingerprint density at radius 1 is 1.07 bits per heavy atom. The Morgan fingerprint density at radius 2 is 1.74 bits per heavy atom. The SMILES string of the molecule is CCCn1c(=O)c2c(nc3n(-c4ccc(F)cc4)c(C)c(C)n23)n(C)c1=O. The molecule has 7 nitrogen and oxygen atoms in total. The van der Waals surface area contributed by atoms with Crippen LogP contribution in [0.1, 0.15) is 24.7 Å². The van der Waals surface area contributed by atoms with Crippen LogP contribution in [0.2, 0.25) is 0 Å². The Hall–Kier alpha value is -3.16. The number of fused-ring (bicyclic) bond motifs is 3. The van der Waals surface area contributed by atoms with Gasteiger partial charge in [0.2, 0.25) is 5.78 Å². The maximum Gasteiger partial charge on any atom is 0.332 e. The van der Waals surface area contributed by atoms with Gasteiger partial charge in [-0.2, -0.15) is 4.98 Å². The molecule has 0 amide bonds. The van der Waals surface area contributed by atoms with E-state index in [1.165, 1.54) is 21.3 Å². The van der Waals surface area contributed by atoms with Crippen molar-refractivity contribution in [1.82, 2.24) is 23.1 Å². The summed E-state index contributed by atoms with van der Waals surface area (Å²) in [5, 5.41) is 0. The summed E-state index contributed by atoms with van der Waals surface area (Å²) < 4.78 is 19.6. The van der Waals surface area contributed by atoms with E-state index in [2.05, 4.69) is 4.98 Å². The normalized spacial score (nSPS) is 11.7. The van der Waals surface area contributed by atoms with Gasteiger partial charge in [0.05, 0.1) is 0 Å². The molecular weight excluding hydrogens is 349 g/mol. The number of imidazole rings is 2. The van der Waals surface area contributed by atoms with Gasteiger partial charge in [0.25, 0.3) is 5.56 Å².